The van der Waals surface area contributed by atoms with E-state index in [1.807, 2.05) is 12.1 Å². The van der Waals surface area contributed by atoms with Crippen molar-refractivity contribution in [1.82, 2.24) is 14.9 Å². The van der Waals surface area contributed by atoms with Gasteiger partial charge in [-0.3, -0.25) is 9.59 Å². The quantitative estimate of drug-likeness (QED) is 0.919. The Bertz CT molecular complexity index is 788. The number of hydrogen-bond acceptors (Lipinski definition) is 4. The average Bonchev–Trinajstić information content (AvgIpc) is 2.56. The summed E-state index contributed by atoms with van der Waals surface area (Å²) in [5.74, 6) is 0.499. The predicted octanol–water partition coefficient (Wildman–Crippen LogP) is 1.87. The third kappa shape index (κ3) is 3.83. The molecule has 1 aliphatic rings. The summed E-state index contributed by atoms with van der Waals surface area (Å²) in [5.41, 5.74) is 1.22. The second-order valence-corrected chi connectivity index (χ2v) is 6.17. The Morgan fingerprint density at radius 2 is 2.17 bits per heavy atom. The van der Waals surface area contributed by atoms with E-state index in [1.54, 1.807) is 24.0 Å². The maximum absolute atomic E-state index is 12.7. The molecule has 0 saturated carbocycles. The molecule has 1 aromatic heterocycles. The van der Waals surface area contributed by atoms with E-state index in [4.69, 9.17) is 16.3 Å². The Balaban J connectivity index is 1.82. The maximum Gasteiger partial charge on any atom is 0.251 e. The maximum atomic E-state index is 12.7. The number of ether oxygens (including phenoxy) is 1. The van der Waals surface area contributed by atoms with E-state index in [0.717, 1.165) is 5.56 Å². The van der Waals surface area contributed by atoms with Gasteiger partial charge in [-0.15, -0.1) is 0 Å². The van der Waals surface area contributed by atoms with Crippen LogP contribution in [0.5, 0.6) is 0 Å². The molecule has 0 aliphatic carbocycles. The van der Waals surface area contributed by atoms with Crippen LogP contribution in [0.25, 0.3) is 0 Å². The highest BCUT2D eigenvalue weighted by molar-refractivity contribution is 6.30. The molecule has 0 bridgehead atoms. The summed E-state index contributed by atoms with van der Waals surface area (Å²) >= 11 is 5.88. The van der Waals surface area contributed by atoms with E-state index in [2.05, 4.69) is 9.97 Å². The van der Waals surface area contributed by atoms with Crippen molar-refractivity contribution in [2.24, 2.45) is 0 Å². The number of rotatable bonds is 3. The largest absolute Gasteiger partial charge is 0.377 e. The topological polar surface area (TPSA) is 75.3 Å². The van der Waals surface area contributed by atoms with Crippen LogP contribution in [0.3, 0.4) is 0 Å². The zero-order valence-corrected chi connectivity index (χ0v) is 14.0. The number of halogens is 1. The Labute approximate surface area is 144 Å². The van der Waals surface area contributed by atoms with Crippen LogP contribution >= 0.6 is 11.6 Å². The molecule has 126 valence electrons. The number of hydrogen-bond donors (Lipinski definition) is 1. The number of benzene rings is 1. The van der Waals surface area contributed by atoms with Gasteiger partial charge in [-0.2, -0.15) is 0 Å². The van der Waals surface area contributed by atoms with Gasteiger partial charge in [0.1, 0.15) is 5.82 Å². The number of carbonyl (C=O) groups is 1. The number of carbonyl (C=O) groups excluding carboxylic acids is 1. The zero-order chi connectivity index (χ0) is 17.1. The van der Waals surface area contributed by atoms with Crippen molar-refractivity contribution in [3.05, 3.63) is 62.8 Å². The lowest BCUT2D eigenvalue weighted by Crippen LogP contribution is -2.44. The number of aromatic amines is 1. The van der Waals surface area contributed by atoms with Crippen LogP contribution in [0, 0.1) is 6.92 Å². The molecule has 7 heteroatoms. The lowest BCUT2D eigenvalue weighted by Gasteiger charge is -2.35. The van der Waals surface area contributed by atoms with Crippen LogP contribution in [-0.4, -0.2) is 40.5 Å². The number of H-pyrrole nitrogens is 1. The van der Waals surface area contributed by atoms with Gasteiger partial charge < -0.3 is 14.6 Å². The van der Waals surface area contributed by atoms with Gasteiger partial charge in [-0.05, 0) is 24.6 Å². The van der Waals surface area contributed by atoms with Crippen LogP contribution in [-0.2, 0) is 16.0 Å². The van der Waals surface area contributed by atoms with E-state index in [-0.39, 0.29) is 23.9 Å². The van der Waals surface area contributed by atoms with Crippen LogP contribution in [0.2, 0.25) is 5.02 Å². The number of amides is 1. The minimum absolute atomic E-state index is 0.0228. The average molecular weight is 348 g/mol. The monoisotopic (exact) mass is 347 g/mol. The standard InChI is InChI=1S/C17H18ClN3O3/c1-11-19-14(9-16(22)20-11)15-10-24-7-6-21(15)17(23)8-12-2-4-13(18)5-3-12/h2-5,9,15H,6-8,10H2,1H3,(H,19,20,22)/t15-/m1/s1. The molecule has 6 nitrogen and oxygen atoms in total. The van der Waals surface area contributed by atoms with Gasteiger partial charge in [-0.1, -0.05) is 23.7 Å². The molecule has 2 aromatic rings. The first-order valence-corrected chi connectivity index (χ1v) is 8.10. The Morgan fingerprint density at radius 1 is 1.42 bits per heavy atom. The van der Waals surface area contributed by atoms with E-state index in [1.165, 1.54) is 6.07 Å². The molecular weight excluding hydrogens is 330 g/mol. The highest BCUT2D eigenvalue weighted by atomic mass is 35.5. The summed E-state index contributed by atoms with van der Waals surface area (Å²) in [5, 5.41) is 0.638. The predicted molar refractivity (Wildman–Crippen MR) is 90.0 cm³/mol. The molecule has 3 rings (SSSR count). The third-order valence-corrected chi connectivity index (χ3v) is 4.19. The summed E-state index contributed by atoms with van der Waals surface area (Å²) in [4.78, 5) is 33.1. The van der Waals surface area contributed by atoms with E-state index >= 15 is 0 Å². The first-order valence-electron chi connectivity index (χ1n) is 7.72. The molecule has 24 heavy (non-hydrogen) atoms. The van der Waals surface area contributed by atoms with Crippen molar-refractivity contribution in [2.45, 2.75) is 19.4 Å². The van der Waals surface area contributed by atoms with E-state index in [0.29, 0.717) is 36.3 Å². The van der Waals surface area contributed by atoms with Crippen LogP contribution in [0.1, 0.15) is 23.1 Å². The number of aryl methyl sites for hydroxylation is 1. The highest BCUT2D eigenvalue weighted by Crippen LogP contribution is 2.23. The van der Waals surface area contributed by atoms with Crippen molar-refractivity contribution >= 4 is 17.5 Å². The Hall–Kier alpha value is -2.18. The van der Waals surface area contributed by atoms with E-state index < -0.39 is 0 Å². The molecule has 0 radical (unpaired) electrons. The lowest BCUT2D eigenvalue weighted by atomic mass is 10.1. The SMILES string of the molecule is Cc1nc([C@H]2COCCN2C(=O)Cc2ccc(Cl)cc2)cc(=O)[nH]1. The molecule has 0 spiro atoms. The molecule has 1 saturated heterocycles. The highest BCUT2D eigenvalue weighted by Gasteiger charge is 2.30. The molecule has 1 aliphatic heterocycles. The van der Waals surface area contributed by atoms with Crippen molar-refractivity contribution < 1.29 is 9.53 Å². The van der Waals surface area contributed by atoms with Crippen molar-refractivity contribution in [2.75, 3.05) is 19.8 Å². The minimum atomic E-state index is -0.348. The van der Waals surface area contributed by atoms with Gasteiger partial charge in [0, 0.05) is 17.6 Å². The van der Waals surface area contributed by atoms with Crippen LogP contribution in [0.15, 0.2) is 35.1 Å². The van der Waals surface area contributed by atoms with Gasteiger partial charge in [0.15, 0.2) is 0 Å². The summed E-state index contributed by atoms with van der Waals surface area (Å²) in [7, 11) is 0. The fraction of sp³-hybridized carbons (Fsp3) is 0.353. The van der Waals surface area contributed by atoms with Gasteiger partial charge in [-0.25, -0.2) is 4.98 Å². The molecule has 1 aromatic carbocycles. The second kappa shape index (κ2) is 7.15. The van der Waals surface area contributed by atoms with Crippen molar-refractivity contribution in [1.29, 1.82) is 0 Å². The third-order valence-electron chi connectivity index (χ3n) is 3.94. The summed E-state index contributed by atoms with van der Waals surface area (Å²) in [6.07, 6.45) is 0.274. The fourth-order valence-electron chi connectivity index (χ4n) is 2.80. The number of aromatic nitrogens is 2. The number of morpholine rings is 1. The van der Waals surface area contributed by atoms with Crippen LogP contribution in [0.4, 0.5) is 0 Å². The molecule has 0 unspecified atom stereocenters. The first kappa shape index (κ1) is 16.7. The molecule has 1 atom stereocenters. The smallest absolute Gasteiger partial charge is 0.251 e. The number of nitrogens with one attached hydrogen (secondary N) is 1. The van der Waals surface area contributed by atoms with Crippen LogP contribution < -0.4 is 5.56 Å². The Kier molecular flexibility index (Phi) is 4.97. The van der Waals surface area contributed by atoms with Gasteiger partial charge in [0.25, 0.3) is 5.56 Å². The fourth-order valence-corrected chi connectivity index (χ4v) is 2.92. The molecule has 1 fully saturated rings. The minimum Gasteiger partial charge on any atom is -0.377 e. The normalized spacial score (nSPS) is 17.8. The summed E-state index contributed by atoms with van der Waals surface area (Å²) < 4.78 is 5.50. The molecule has 1 amide bonds. The van der Waals surface area contributed by atoms with E-state index in [9.17, 15) is 9.59 Å². The second-order valence-electron chi connectivity index (χ2n) is 5.74. The van der Waals surface area contributed by atoms with Crippen molar-refractivity contribution in [3.63, 3.8) is 0 Å². The lowest BCUT2D eigenvalue weighted by molar-refractivity contribution is -0.139. The number of nitrogens with zero attached hydrogens (tertiary/aromatic N) is 2. The molecule has 2 heterocycles. The Morgan fingerprint density at radius 3 is 2.88 bits per heavy atom. The van der Waals surface area contributed by atoms with Crippen molar-refractivity contribution in [3.8, 4) is 0 Å². The van der Waals surface area contributed by atoms with Gasteiger partial charge in [0.05, 0.1) is 31.4 Å². The van der Waals surface area contributed by atoms with Gasteiger partial charge >= 0.3 is 0 Å². The molecular formula is C17H18ClN3O3. The van der Waals surface area contributed by atoms with Gasteiger partial charge in [0.2, 0.25) is 5.91 Å². The summed E-state index contributed by atoms with van der Waals surface area (Å²) in [6.45, 7) is 3.01. The zero-order valence-electron chi connectivity index (χ0n) is 13.3. The summed E-state index contributed by atoms with van der Waals surface area (Å²) in [6, 6.07) is 8.29. The molecule has 1 N–H and O–H groups in total. The first-order chi connectivity index (χ1) is 11.5.